The highest BCUT2D eigenvalue weighted by Gasteiger charge is 2.18. The Morgan fingerprint density at radius 3 is 2.93 bits per heavy atom. The molecule has 1 rings (SSSR count). The van der Waals surface area contributed by atoms with E-state index in [0.29, 0.717) is 6.42 Å². The van der Waals surface area contributed by atoms with Crippen LogP contribution in [0, 0.1) is 17.2 Å². The molecular formula is C11H10BrNO2. The molecule has 0 saturated carbocycles. The summed E-state index contributed by atoms with van der Waals surface area (Å²) >= 11 is 3.33. The van der Waals surface area contributed by atoms with Gasteiger partial charge in [0.1, 0.15) is 5.92 Å². The van der Waals surface area contributed by atoms with Crippen molar-refractivity contribution in [3.8, 4) is 6.07 Å². The van der Waals surface area contributed by atoms with Crippen LogP contribution < -0.4 is 0 Å². The highest BCUT2D eigenvalue weighted by Crippen LogP contribution is 2.15. The summed E-state index contributed by atoms with van der Waals surface area (Å²) in [6, 6.07) is 9.44. The zero-order valence-corrected chi connectivity index (χ0v) is 9.82. The zero-order chi connectivity index (χ0) is 11.3. The molecule has 0 aliphatic carbocycles. The van der Waals surface area contributed by atoms with E-state index in [4.69, 9.17) is 5.26 Å². The van der Waals surface area contributed by atoms with Crippen molar-refractivity contribution in [2.24, 2.45) is 5.92 Å². The van der Waals surface area contributed by atoms with Gasteiger partial charge in [-0.3, -0.25) is 4.79 Å². The summed E-state index contributed by atoms with van der Waals surface area (Å²) < 4.78 is 5.46. The molecule has 0 aliphatic rings. The minimum atomic E-state index is -0.732. The molecule has 1 unspecified atom stereocenters. The van der Waals surface area contributed by atoms with E-state index in [1.807, 2.05) is 30.3 Å². The Morgan fingerprint density at radius 1 is 1.67 bits per heavy atom. The summed E-state index contributed by atoms with van der Waals surface area (Å²) in [5.41, 5.74) is 0.932. The van der Waals surface area contributed by atoms with Crippen LogP contribution in [0.5, 0.6) is 0 Å². The van der Waals surface area contributed by atoms with Gasteiger partial charge in [-0.15, -0.1) is 0 Å². The number of nitriles is 1. The Hall–Kier alpha value is -1.34. The van der Waals surface area contributed by atoms with E-state index in [1.165, 1.54) is 7.11 Å². The molecule has 0 heterocycles. The lowest BCUT2D eigenvalue weighted by atomic mass is 10.0. The molecule has 1 aromatic rings. The van der Waals surface area contributed by atoms with Crippen LogP contribution in [-0.4, -0.2) is 13.1 Å². The topological polar surface area (TPSA) is 50.1 Å². The van der Waals surface area contributed by atoms with E-state index in [9.17, 15) is 4.79 Å². The molecule has 78 valence electrons. The van der Waals surface area contributed by atoms with Crippen molar-refractivity contribution in [1.29, 1.82) is 5.26 Å². The zero-order valence-electron chi connectivity index (χ0n) is 8.24. The quantitative estimate of drug-likeness (QED) is 0.790. The first kappa shape index (κ1) is 11.7. The van der Waals surface area contributed by atoms with E-state index in [2.05, 4.69) is 20.7 Å². The van der Waals surface area contributed by atoms with Gasteiger partial charge in [-0.2, -0.15) is 5.26 Å². The van der Waals surface area contributed by atoms with Gasteiger partial charge in [0.2, 0.25) is 0 Å². The fraction of sp³-hybridized carbons (Fsp3) is 0.273. The Bertz CT molecular complexity index is 398. The fourth-order valence-electron chi connectivity index (χ4n) is 1.22. The van der Waals surface area contributed by atoms with Crippen LogP contribution in [-0.2, 0) is 16.0 Å². The normalized spacial score (nSPS) is 11.5. The lowest BCUT2D eigenvalue weighted by Crippen LogP contribution is -2.16. The van der Waals surface area contributed by atoms with Crippen molar-refractivity contribution < 1.29 is 9.53 Å². The number of hydrogen-bond donors (Lipinski definition) is 0. The Labute approximate surface area is 96.8 Å². The van der Waals surface area contributed by atoms with Crippen molar-refractivity contribution in [1.82, 2.24) is 0 Å². The maximum atomic E-state index is 11.2. The minimum Gasteiger partial charge on any atom is -0.468 e. The number of rotatable bonds is 3. The van der Waals surface area contributed by atoms with Crippen LogP contribution in [0.3, 0.4) is 0 Å². The molecule has 0 bridgehead atoms. The van der Waals surface area contributed by atoms with Gasteiger partial charge in [-0.1, -0.05) is 28.1 Å². The summed E-state index contributed by atoms with van der Waals surface area (Å²) in [5, 5.41) is 8.80. The van der Waals surface area contributed by atoms with Crippen LogP contribution >= 0.6 is 15.9 Å². The van der Waals surface area contributed by atoms with E-state index < -0.39 is 11.9 Å². The third-order valence-electron chi connectivity index (χ3n) is 1.97. The van der Waals surface area contributed by atoms with Crippen LogP contribution in [0.2, 0.25) is 0 Å². The molecule has 3 nitrogen and oxygen atoms in total. The van der Waals surface area contributed by atoms with Gasteiger partial charge in [-0.05, 0) is 24.1 Å². The lowest BCUT2D eigenvalue weighted by Gasteiger charge is -2.06. The van der Waals surface area contributed by atoms with Gasteiger partial charge in [0, 0.05) is 4.47 Å². The molecule has 0 aliphatic heterocycles. The predicted molar refractivity (Wildman–Crippen MR) is 59.0 cm³/mol. The molecule has 0 aromatic heterocycles. The summed E-state index contributed by atoms with van der Waals surface area (Å²) in [6.45, 7) is 0. The molecular weight excluding hydrogens is 258 g/mol. The standard InChI is InChI=1S/C11H10BrNO2/c1-15-11(14)9(7-13)5-8-3-2-4-10(12)6-8/h2-4,6,9H,5H2,1H3. The molecule has 0 spiro atoms. The maximum absolute atomic E-state index is 11.2. The van der Waals surface area contributed by atoms with Crippen molar-refractivity contribution in [3.05, 3.63) is 34.3 Å². The second-order valence-corrected chi connectivity index (χ2v) is 3.95. The summed E-state index contributed by atoms with van der Waals surface area (Å²) in [7, 11) is 1.29. The molecule has 1 atom stereocenters. The summed E-state index contributed by atoms with van der Waals surface area (Å²) in [5.74, 6) is -1.22. The van der Waals surface area contributed by atoms with Crippen molar-refractivity contribution >= 4 is 21.9 Å². The molecule has 0 amide bonds. The van der Waals surface area contributed by atoms with E-state index >= 15 is 0 Å². The monoisotopic (exact) mass is 267 g/mol. The minimum absolute atomic E-state index is 0.378. The van der Waals surface area contributed by atoms with E-state index in [-0.39, 0.29) is 0 Å². The second kappa shape index (κ2) is 5.52. The van der Waals surface area contributed by atoms with Crippen LogP contribution in [0.25, 0.3) is 0 Å². The Morgan fingerprint density at radius 2 is 2.40 bits per heavy atom. The third kappa shape index (κ3) is 3.37. The molecule has 0 N–H and O–H groups in total. The van der Waals surface area contributed by atoms with Gasteiger partial charge < -0.3 is 4.74 Å². The molecule has 1 aromatic carbocycles. The van der Waals surface area contributed by atoms with Crippen LogP contribution in [0.4, 0.5) is 0 Å². The Kier molecular flexibility index (Phi) is 4.32. The third-order valence-corrected chi connectivity index (χ3v) is 2.46. The lowest BCUT2D eigenvalue weighted by molar-refractivity contribution is -0.143. The second-order valence-electron chi connectivity index (χ2n) is 3.04. The van der Waals surface area contributed by atoms with Gasteiger partial charge in [0.05, 0.1) is 13.2 Å². The largest absolute Gasteiger partial charge is 0.468 e. The SMILES string of the molecule is COC(=O)C(C#N)Cc1cccc(Br)c1. The number of benzene rings is 1. The first-order valence-electron chi connectivity index (χ1n) is 4.39. The molecule has 15 heavy (non-hydrogen) atoms. The van der Waals surface area contributed by atoms with Gasteiger partial charge in [-0.25, -0.2) is 0 Å². The smallest absolute Gasteiger partial charge is 0.323 e. The number of esters is 1. The van der Waals surface area contributed by atoms with Gasteiger partial charge >= 0.3 is 5.97 Å². The van der Waals surface area contributed by atoms with Gasteiger partial charge in [0.15, 0.2) is 0 Å². The molecule has 4 heteroatoms. The fourth-order valence-corrected chi connectivity index (χ4v) is 1.67. The molecule has 0 saturated heterocycles. The summed E-state index contributed by atoms with van der Waals surface area (Å²) in [6.07, 6.45) is 0.378. The number of nitrogens with zero attached hydrogens (tertiary/aromatic N) is 1. The van der Waals surface area contributed by atoms with E-state index in [0.717, 1.165) is 10.0 Å². The predicted octanol–water partition coefficient (Wildman–Crippen LogP) is 2.30. The van der Waals surface area contributed by atoms with Crippen LogP contribution in [0.1, 0.15) is 5.56 Å². The number of hydrogen-bond acceptors (Lipinski definition) is 3. The van der Waals surface area contributed by atoms with Crippen molar-refractivity contribution in [3.63, 3.8) is 0 Å². The first-order chi connectivity index (χ1) is 7.17. The highest BCUT2D eigenvalue weighted by molar-refractivity contribution is 9.10. The summed E-state index contributed by atoms with van der Waals surface area (Å²) in [4.78, 5) is 11.2. The average Bonchev–Trinajstić information content (AvgIpc) is 2.25. The molecule has 0 radical (unpaired) electrons. The van der Waals surface area contributed by atoms with E-state index in [1.54, 1.807) is 0 Å². The number of ether oxygens (including phenoxy) is 1. The van der Waals surface area contributed by atoms with Gasteiger partial charge in [0.25, 0.3) is 0 Å². The number of methoxy groups -OCH3 is 1. The number of halogens is 1. The number of carbonyl (C=O) groups is 1. The number of carbonyl (C=O) groups excluding carboxylic acids is 1. The van der Waals surface area contributed by atoms with Crippen molar-refractivity contribution in [2.75, 3.05) is 7.11 Å². The maximum Gasteiger partial charge on any atom is 0.323 e. The average molecular weight is 268 g/mol. The highest BCUT2D eigenvalue weighted by atomic mass is 79.9. The van der Waals surface area contributed by atoms with Crippen molar-refractivity contribution in [2.45, 2.75) is 6.42 Å². The Balaban J connectivity index is 2.76. The molecule has 0 fully saturated rings. The van der Waals surface area contributed by atoms with Crippen LogP contribution in [0.15, 0.2) is 28.7 Å². The first-order valence-corrected chi connectivity index (χ1v) is 5.18.